The lowest BCUT2D eigenvalue weighted by molar-refractivity contribution is -0.115. The SMILES string of the molecule is Cc1cccc(C(=O)Nc2cccc(Oc3ccc4c(c3)NC(=O)C4)c2)c1. The second-order valence-corrected chi connectivity index (χ2v) is 6.50. The standard InChI is InChI=1S/C22H18N2O3/c1-14-4-2-5-16(10-14)22(26)23-17-6-3-7-18(12-17)27-19-9-8-15-11-21(25)24-20(15)13-19/h2-10,12-13H,11H2,1H3,(H,23,26)(H,24,25). The van der Waals surface area contributed by atoms with Crippen LogP contribution in [0, 0.1) is 6.92 Å². The summed E-state index contributed by atoms with van der Waals surface area (Å²) in [6.45, 7) is 1.95. The van der Waals surface area contributed by atoms with Crippen molar-refractivity contribution in [1.82, 2.24) is 0 Å². The third-order valence-corrected chi connectivity index (χ3v) is 4.31. The van der Waals surface area contributed by atoms with E-state index < -0.39 is 0 Å². The Hall–Kier alpha value is -3.60. The Morgan fingerprint density at radius 2 is 1.81 bits per heavy atom. The van der Waals surface area contributed by atoms with Crippen LogP contribution < -0.4 is 15.4 Å². The zero-order valence-corrected chi connectivity index (χ0v) is 14.8. The molecule has 0 spiro atoms. The van der Waals surface area contributed by atoms with Gasteiger partial charge in [0.2, 0.25) is 5.91 Å². The normalized spacial score (nSPS) is 12.3. The summed E-state index contributed by atoms with van der Waals surface area (Å²) in [6.07, 6.45) is 0.399. The van der Waals surface area contributed by atoms with Crippen LogP contribution in [0.3, 0.4) is 0 Å². The summed E-state index contributed by atoms with van der Waals surface area (Å²) in [4.78, 5) is 23.9. The van der Waals surface area contributed by atoms with Crippen molar-refractivity contribution in [2.75, 3.05) is 10.6 Å². The average Bonchev–Trinajstić information content (AvgIpc) is 3.01. The molecule has 5 heteroatoms. The summed E-state index contributed by atoms with van der Waals surface area (Å²) >= 11 is 0. The average molecular weight is 358 g/mol. The van der Waals surface area contributed by atoms with Crippen LogP contribution in [0.1, 0.15) is 21.5 Å². The van der Waals surface area contributed by atoms with Gasteiger partial charge < -0.3 is 15.4 Å². The van der Waals surface area contributed by atoms with Gasteiger partial charge in [-0.25, -0.2) is 0 Å². The quantitative estimate of drug-likeness (QED) is 0.720. The number of fused-ring (bicyclic) bond motifs is 1. The van der Waals surface area contributed by atoms with Crippen molar-refractivity contribution in [3.05, 3.63) is 83.4 Å². The van der Waals surface area contributed by atoms with E-state index in [0.717, 1.165) is 16.8 Å². The van der Waals surface area contributed by atoms with E-state index in [0.29, 0.717) is 29.2 Å². The molecule has 0 unspecified atom stereocenters. The molecule has 0 radical (unpaired) electrons. The monoisotopic (exact) mass is 358 g/mol. The Morgan fingerprint density at radius 1 is 1.00 bits per heavy atom. The molecule has 3 aromatic rings. The lowest BCUT2D eigenvalue weighted by Crippen LogP contribution is -2.11. The molecule has 0 atom stereocenters. The number of carbonyl (C=O) groups is 2. The molecule has 134 valence electrons. The van der Waals surface area contributed by atoms with E-state index in [1.165, 1.54) is 0 Å². The van der Waals surface area contributed by atoms with Gasteiger partial charge in [0.05, 0.1) is 6.42 Å². The van der Waals surface area contributed by atoms with Gasteiger partial charge in [-0.05, 0) is 42.8 Å². The zero-order chi connectivity index (χ0) is 18.8. The number of nitrogens with one attached hydrogen (secondary N) is 2. The van der Waals surface area contributed by atoms with Crippen molar-refractivity contribution in [2.24, 2.45) is 0 Å². The number of aryl methyl sites for hydroxylation is 1. The van der Waals surface area contributed by atoms with E-state index in [1.54, 1.807) is 18.2 Å². The van der Waals surface area contributed by atoms with Crippen molar-refractivity contribution < 1.29 is 14.3 Å². The molecule has 2 N–H and O–H groups in total. The van der Waals surface area contributed by atoms with Crippen molar-refractivity contribution in [1.29, 1.82) is 0 Å². The minimum Gasteiger partial charge on any atom is -0.457 e. The Kier molecular flexibility index (Phi) is 4.34. The zero-order valence-electron chi connectivity index (χ0n) is 14.8. The molecule has 5 nitrogen and oxygen atoms in total. The van der Waals surface area contributed by atoms with Crippen molar-refractivity contribution in [3.8, 4) is 11.5 Å². The molecule has 1 heterocycles. The van der Waals surface area contributed by atoms with Crippen LogP contribution >= 0.6 is 0 Å². The number of benzene rings is 3. The van der Waals surface area contributed by atoms with E-state index in [1.807, 2.05) is 55.5 Å². The molecule has 3 aromatic carbocycles. The van der Waals surface area contributed by atoms with E-state index >= 15 is 0 Å². The van der Waals surface area contributed by atoms with Crippen LogP contribution in [-0.4, -0.2) is 11.8 Å². The molecule has 1 aliphatic rings. The third-order valence-electron chi connectivity index (χ3n) is 4.31. The number of anilines is 2. The predicted octanol–water partition coefficient (Wildman–Crippen LogP) is 4.53. The predicted molar refractivity (Wildman–Crippen MR) is 104 cm³/mol. The Bertz CT molecular complexity index is 1040. The van der Waals surface area contributed by atoms with Crippen molar-refractivity contribution in [3.63, 3.8) is 0 Å². The maximum atomic E-state index is 12.4. The van der Waals surface area contributed by atoms with E-state index in [2.05, 4.69) is 10.6 Å². The fourth-order valence-electron chi connectivity index (χ4n) is 3.02. The number of hydrogen-bond donors (Lipinski definition) is 2. The summed E-state index contributed by atoms with van der Waals surface area (Å²) in [7, 11) is 0. The molecule has 2 amide bonds. The van der Waals surface area contributed by atoms with Crippen LogP contribution in [0.25, 0.3) is 0 Å². The summed E-state index contributed by atoms with van der Waals surface area (Å²) in [5, 5.41) is 5.69. The van der Waals surface area contributed by atoms with Gasteiger partial charge in [0.1, 0.15) is 11.5 Å². The first-order valence-electron chi connectivity index (χ1n) is 8.65. The summed E-state index contributed by atoms with van der Waals surface area (Å²) in [5.41, 5.74) is 4.03. The molecule has 0 aromatic heterocycles. The number of hydrogen-bond acceptors (Lipinski definition) is 3. The highest BCUT2D eigenvalue weighted by Crippen LogP contribution is 2.31. The number of amides is 2. The molecule has 27 heavy (non-hydrogen) atoms. The number of carbonyl (C=O) groups excluding carboxylic acids is 2. The molecular weight excluding hydrogens is 340 g/mol. The second-order valence-electron chi connectivity index (χ2n) is 6.50. The minimum absolute atomic E-state index is 0.0111. The molecule has 0 saturated carbocycles. The fourth-order valence-corrected chi connectivity index (χ4v) is 3.02. The molecule has 1 aliphatic heterocycles. The van der Waals surface area contributed by atoms with E-state index in [4.69, 9.17) is 4.74 Å². The van der Waals surface area contributed by atoms with Crippen molar-refractivity contribution in [2.45, 2.75) is 13.3 Å². The van der Waals surface area contributed by atoms with Gasteiger partial charge in [-0.2, -0.15) is 0 Å². The van der Waals surface area contributed by atoms with Gasteiger partial charge >= 0.3 is 0 Å². The molecule has 0 bridgehead atoms. The topological polar surface area (TPSA) is 67.4 Å². The minimum atomic E-state index is -0.170. The van der Waals surface area contributed by atoms with Gasteiger partial charge in [-0.3, -0.25) is 9.59 Å². The fraction of sp³-hybridized carbons (Fsp3) is 0.0909. The molecule has 4 rings (SSSR count). The van der Waals surface area contributed by atoms with Crippen LogP contribution in [0.5, 0.6) is 11.5 Å². The van der Waals surface area contributed by atoms with Crippen molar-refractivity contribution >= 4 is 23.2 Å². The maximum Gasteiger partial charge on any atom is 0.255 e. The van der Waals surface area contributed by atoms with Crippen LogP contribution in [0.2, 0.25) is 0 Å². The first-order chi connectivity index (χ1) is 13.1. The maximum absolute atomic E-state index is 12.4. The van der Waals surface area contributed by atoms with Gasteiger partial charge in [0.15, 0.2) is 0 Å². The smallest absolute Gasteiger partial charge is 0.255 e. The van der Waals surface area contributed by atoms with Gasteiger partial charge in [-0.1, -0.05) is 29.8 Å². The van der Waals surface area contributed by atoms with Gasteiger partial charge in [0, 0.05) is 29.1 Å². The Labute approximate surface area is 157 Å². The molecular formula is C22H18N2O3. The first-order valence-corrected chi connectivity index (χ1v) is 8.65. The third kappa shape index (κ3) is 3.82. The van der Waals surface area contributed by atoms with E-state index in [9.17, 15) is 9.59 Å². The van der Waals surface area contributed by atoms with Crippen LogP contribution in [-0.2, 0) is 11.2 Å². The van der Waals surface area contributed by atoms with Gasteiger partial charge in [-0.15, -0.1) is 0 Å². The summed E-state index contributed by atoms with van der Waals surface area (Å²) < 4.78 is 5.88. The number of ether oxygens (including phenoxy) is 1. The lowest BCUT2D eigenvalue weighted by atomic mass is 10.1. The molecule has 0 aliphatic carbocycles. The second kappa shape index (κ2) is 6.96. The van der Waals surface area contributed by atoms with Crippen LogP contribution in [0.15, 0.2) is 66.7 Å². The molecule has 0 saturated heterocycles. The Balaban J connectivity index is 1.49. The highest BCUT2D eigenvalue weighted by molar-refractivity contribution is 6.04. The highest BCUT2D eigenvalue weighted by atomic mass is 16.5. The lowest BCUT2D eigenvalue weighted by Gasteiger charge is -2.10. The van der Waals surface area contributed by atoms with E-state index in [-0.39, 0.29) is 11.8 Å². The number of rotatable bonds is 4. The molecule has 0 fully saturated rings. The largest absolute Gasteiger partial charge is 0.457 e. The summed E-state index contributed by atoms with van der Waals surface area (Å²) in [5.74, 6) is 1.04. The Morgan fingerprint density at radius 3 is 2.67 bits per heavy atom. The first kappa shape index (κ1) is 16.8. The summed E-state index contributed by atoms with van der Waals surface area (Å²) in [6, 6.07) is 20.1. The highest BCUT2D eigenvalue weighted by Gasteiger charge is 2.18. The van der Waals surface area contributed by atoms with Crippen LogP contribution in [0.4, 0.5) is 11.4 Å². The van der Waals surface area contributed by atoms with Gasteiger partial charge in [0.25, 0.3) is 5.91 Å².